The first-order valence-corrected chi connectivity index (χ1v) is 4.61. The second-order valence-electron chi connectivity index (χ2n) is 4.30. The lowest BCUT2D eigenvalue weighted by Crippen LogP contribution is -2.05. The summed E-state index contributed by atoms with van der Waals surface area (Å²) in [7, 11) is 0. The zero-order valence-corrected chi connectivity index (χ0v) is 9.44. The van der Waals surface area contributed by atoms with Gasteiger partial charge in [-0.1, -0.05) is 45.1 Å². The van der Waals surface area contributed by atoms with E-state index in [1.165, 1.54) is 5.57 Å². The minimum atomic E-state index is 0.250. The quantitative estimate of drug-likeness (QED) is 0.435. The molecule has 0 aliphatic rings. The Balaban J connectivity index is 4.63. The summed E-state index contributed by atoms with van der Waals surface area (Å²) < 4.78 is 0. The van der Waals surface area contributed by atoms with E-state index < -0.39 is 0 Å². The van der Waals surface area contributed by atoms with Crippen LogP contribution in [-0.4, -0.2) is 0 Å². The molecule has 0 saturated heterocycles. The smallest absolute Gasteiger partial charge is 0.00973 e. The van der Waals surface area contributed by atoms with Crippen molar-refractivity contribution in [2.45, 2.75) is 34.6 Å². The highest BCUT2D eigenvalue weighted by atomic mass is 14.2. The van der Waals surface area contributed by atoms with Crippen LogP contribution in [0.1, 0.15) is 34.6 Å². The molecule has 0 aromatic carbocycles. The third-order valence-corrected chi connectivity index (χ3v) is 2.13. The van der Waals surface area contributed by atoms with E-state index in [0.717, 1.165) is 5.57 Å². The molecule has 0 aliphatic carbocycles. The molecule has 0 amide bonds. The predicted molar refractivity (Wildman–Crippen MR) is 60.7 cm³/mol. The van der Waals surface area contributed by atoms with Crippen LogP contribution in [0.25, 0.3) is 0 Å². The van der Waals surface area contributed by atoms with Gasteiger partial charge in [-0.25, -0.2) is 0 Å². The van der Waals surface area contributed by atoms with Crippen molar-refractivity contribution in [3.05, 3.63) is 41.7 Å². The van der Waals surface area contributed by atoms with Crippen molar-refractivity contribution in [1.82, 2.24) is 0 Å². The number of hydrogen-bond donors (Lipinski definition) is 0. The lowest BCUT2D eigenvalue weighted by atomic mass is 9.87. The van der Waals surface area contributed by atoms with Crippen molar-refractivity contribution in [2.75, 3.05) is 0 Å². The molecule has 0 unspecified atom stereocenters. The average molecular weight is 176 g/mol. The Morgan fingerprint density at radius 1 is 1.23 bits per heavy atom. The summed E-state index contributed by atoms with van der Waals surface area (Å²) in [5, 5.41) is 0. The molecule has 0 N–H and O–H groups in total. The molecule has 0 aliphatic heterocycles. The van der Waals surface area contributed by atoms with Gasteiger partial charge in [-0.3, -0.25) is 0 Å². The minimum absolute atomic E-state index is 0.250. The molecule has 0 aromatic heterocycles. The van der Waals surface area contributed by atoms with E-state index in [2.05, 4.69) is 46.1 Å². The summed E-state index contributed by atoms with van der Waals surface area (Å²) in [4.78, 5) is 0. The second kappa shape index (κ2) is 4.89. The van der Waals surface area contributed by atoms with Gasteiger partial charge in [0, 0.05) is 0 Å². The fourth-order valence-corrected chi connectivity index (χ4v) is 0.607. The third kappa shape index (κ3) is 5.27. The molecule has 0 heteroatoms. The van der Waals surface area contributed by atoms with E-state index in [0.29, 0.717) is 0 Å². The molecule has 13 heavy (non-hydrogen) atoms. The SMILES string of the molecule is C=CC(C)=C=C/C=C(\C)C(C)(C)C. The fraction of sp³-hybridized carbons (Fsp3) is 0.462. The zero-order valence-electron chi connectivity index (χ0n) is 9.44. The van der Waals surface area contributed by atoms with E-state index >= 15 is 0 Å². The normalized spacial score (nSPS) is 11.9. The van der Waals surface area contributed by atoms with Gasteiger partial charge in [-0.15, -0.1) is 5.73 Å². The summed E-state index contributed by atoms with van der Waals surface area (Å²) in [6.45, 7) is 14.4. The molecule has 0 spiro atoms. The molecule has 0 fully saturated rings. The minimum Gasteiger partial charge on any atom is -0.118 e. The highest BCUT2D eigenvalue weighted by molar-refractivity contribution is 5.19. The van der Waals surface area contributed by atoms with Crippen molar-refractivity contribution >= 4 is 0 Å². The van der Waals surface area contributed by atoms with Crippen LogP contribution in [0.15, 0.2) is 41.7 Å². The summed E-state index contributed by atoms with van der Waals surface area (Å²) in [6, 6.07) is 0. The number of rotatable bonds is 2. The molecular formula is C13H20. The maximum Gasteiger partial charge on any atom is -0.00973 e. The van der Waals surface area contributed by atoms with Gasteiger partial charge in [-0.2, -0.15) is 0 Å². The van der Waals surface area contributed by atoms with Crippen LogP contribution in [0.5, 0.6) is 0 Å². The van der Waals surface area contributed by atoms with Crippen molar-refractivity contribution < 1.29 is 0 Å². The van der Waals surface area contributed by atoms with Crippen LogP contribution in [0.4, 0.5) is 0 Å². The Bertz CT molecular complexity index is 263. The lowest BCUT2D eigenvalue weighted by molar-refractivity contribution is 0.504. The molecule has 0 atom stereocenters. The van der Waals surface area contributed by atoms with Gasteiger partial charge in [0.15, 0.2) is 0 Å². The summed E-state index contributed by atoms with van der Waals surface area (Å²) in [5.74, 6) is 0. The monoisotopic (exact) mass is 176 g/mol. The first kappa shape index (κ1) is 12.0. The van der Waals surface area contributed by atoms with Crippen LogP contribution in [0.3, 0.4) is 0 Å². The van der Waals surface area contributed by atoms with Gasteiger partial charge in [-0.05, 0) is 30.9 Å². The van der Waals surface area contributed by atoms with Crippen LogP contribution in [0, 0.1) is 5.41 Å². The molecule has 0 radical (unpaired) electrons. The number of hydrogen-bond acceptors (Lipinski definition) is 0. The van der Waals surface area contributed by atoms with E-state index in [1.807, 2.05) is 13.0 Å². The topological polar surface area (TPSA) is 0 Å². The van der Waals surface area contributed by atoms with Gasteiger partial charge in [0.2, 0.25) is 0 Å². The van der Waals surface area contributed by atoms with Gasteiger partial charge < -0.3 is 0 Å². The van der Waals surface area contributed by atoms with E-state index in [-0.39, 0.29) is 5.41 Å². The van der Waals surface area contributed by atoms with Gasteiger partial charge in [0.25, 0.3) is 0 Å². The van der Waals surface area contributed by atoms with Crippen molar-refractivity contribution in [3.8, 4) is 0 Å². The number of allylic oxidation sites excluding steroid dienone is 4. The summed E-state index contributed by atoms with van der Waals surface area (Å²) in [6.07, 6.45) is 5.86. The zero-order chi connectivity index (χ0) is 10.5. The molecule has 0 aromatic rings. The van der Waals surface area contributed by atoms with Crippen molar-refractivity contribution in [2.24, 2.45) is 5.41 Å². The van der Waals surface area contributed by atoms with Crippen LogP contribution in [-0.2, 0) is 0 Å². The summed E-state index contributed by atoms with van der Waals surface area (Å²) >= 11 is 0. The van der Waals surface area contributed by atoms with Crippen molar-refractivity contribution in [1.29, 1.82) is 0 Å². The highest BCUT2D eigenvalue weighted by Gasteiger charge is 2.10. The molecule has 0 saturated carbocycles. The Hall–Kier alpha value is -1.00. The summed E-state index contributed by atoms with van der Waals surface area (Å²) in [5.41, 5.74) is 5.81. The first-order chi connectivity index (χ1) is 5.88. The standard InChI is InChI=1S/C13H20/c1-7-11(2)9-8-10-12(3)13(4,5)6/h7-8,10H,1H2,2-6H3/b12-10+. The fourth-order valence-electron chi connectivity index (χ4n) is 0.607. The Morgan fingerprint density at radius 3 is 2.15 bits per heavy atom. The maximum absolute atomic E-state index is 3.67. The lowest BCUT2D eigenvalue weighted by Gasteiger charge is -2.18. The van der Waals surface area contributed by atoms with Gasteiger partial charge >= 0.3 is 0 Å². The third-order valence-electron chi connectivity index (χ3n) is 2.13. The average Bonchev–Trinajstić information content (AvgIpc) is 2.02. The second-order valence-corrected chi connectivity index (χ2v) is 4.30. The maximum atomic E-state index is 3.67. The largest absolute Gasteiger partial charge is 0.118 e. The molecule has 0 nitrogen and oxygen atoms in total. The molecule has 0 bridgehead atoms. The molecular weight excluding hydrogens is 156 g/mol. The van der Waals surface area contributed by atoms with E-state index in [1.54, 1.807) is 6.08 Å². The predicted octanol–water partition coefficient (Wildman–Crippen LogP) is 4.27. The van der Waals surface area contributed by atoms with Crippen molar-refractivity contribution in [3.63, 3.8) is 0 Å². The van der Waals surface area contributed by atoms with Crippen LogP contribution in [0.2, 0.25) is 0 Å². The van der Waals surface area contributed by atoms with E-state index in [4.69, 9.17) is 0 Å². The van der Waals surface area contributed by atoms with Crippen LogP contribution >= 0.6 is 0 Å². The van der Waals surface area contributed by atoms with Gasteiger partial charge in [0.05, 0.1) is 0 Å². The Labute approximate surface area is 82.4 Å². The Kier molecular flexibility index (Phi) is 4.51. The molecule has 0 heterocycles. The highest BCUT2D eigenvalue weighted by Crippen LogP contribution is 2.23. The van der Waals surface area contributed by atoms with Crippen LogP contribution < -0.4 is 0 Å². The molecule has 0 rings (SSSR count). The molecule has 72 valence electrons. The first-order valence-electron chi connectivity index (χ1n) is 4.61. The van der Waals surface area contributed by atoms with E-state index in [9.17, 15) is 0 Å². The van der Waals surface area contributed by atoms with Gasteiger partial charge in [0.1, 0.15) is 0 Å². The Morgan fingerprint density at radius 2 is 1.77 bits per heavy atom.